The van der Waals surface area contributed by atoms with Crippen molar-refractivity contribution >= 4 is 39.1 Å². The molecule has 1 amide bonds. The highest BCUT2D eigenvalue weighted by molar-refractivity contribution is 7.21. The van der Waals surface area contributed by atoms with Gasteiger partial charge in [0.25, 0.3) is 0 Å². The molecule has 1 atom stereocenters. The van der Waals surface area contributed by atoms with Gasteiger partial charge in [-0.1, -0.05) is 6.07 Å². The van der Waals surface area contributed by atoms with Gasteiger partial charge in [0, 0.05) is 17.4 Å². The molecule has 2 heterocycles. The second-order valence-electron chi connectivity index (χ2n) is 6.75. The number of hydrogen-bond donors (Lipinski definition) is 2. The Bertz CT molecular complexity index is 1210. The number of carbonyl (C=O) groups is 2. The summed E-state index contributed by atoms with van der Waals surface area (Å²) in [6, 6.07) is 13.0. The lowest BCUT2D eigenvalue weighted by Gasteiger charge is -2.12. The minimum absolute atomic E-state index is 0.0417. The Kier molecular flexibility index (Phi) is 4.85. The molecule has 0 saturated heterocycles. The summed E-state index contributed by atoms with van der Waals surface area (Å²) in [5.74, 6) is -1.36. The average molecular weight is 406 g/mol. The fourth-order valence-electron chi connectivity index (χ4n) is 2.88. The number of aromatic nitrogens is 3. The van der Waals surface area contributed by atoms with Crippen LogP contribution in [0, 0.1) is 6.92 Å². The van der Waals surface area contributed by atoms with Gasteiger partial charge in [0.2, 0.25) is 5.91 Å². The van der Waals surface area contributed by atoms with Gasteiger partial charge >= 0.3 is 5.97 Å². The van der Waals surface area contributed by atoms with E-state index in [2.05, 4.69) is 28.4 Å². The molecule has 1 unspecified atom stereocenters. The maximum absolute atomic E-state index is 12.5. The van der Waals surface area contributed by atoms with Crippen LogP contribution in [0.3, 0.4) is 0 Å². The number of thiazole rings is 1. The highest BCUT2D eigenvalue weighted by Gasteiger charge is 2.18. The number of benzene rings is 2. The van der Waals surface area contributed by atoms with Crippen LogP contribution < -0.4 is 5.32 Å². The second-order valence-corrected chi connectivity index (χ2v) is 7.78. The molecule has 0 radical (unpaired) electrons. The van der Waals surface area contributed by atoms with Gasteiger partial charge in [0.1, 0.15) is 11.0 Å². The second kappa shape index (κ2) is 7.48. The van der Waals surface area contributed by atoms with Crippen molar-refractivity contribution in [1.82, 2.24) is 14.8 Å². The monoisotopic (exact) mass is 406 g/mol. The van der Waals surface area contributed by atoms with E-state index >= 15 is 0 Å². The minimum atomic E-state index is -1.08. The molecule has 0 saturated carbocycles. The summed E-state index contributed by atoms with van der Waals surface area (Å²) >= 11 is 1.63. The van der Waals surface area contributed by atoms with E-state index in [0.29, 0.717) is 5.69 Å². The molecular weight excluding hydrogens is 388 g/mol. The molecule has 0 aliphatic rings. The van der Waals surface area contributed by atoms with E-state index in [-0.39, 0.29) is 11.5 Å². The van der Waals surface area contributed by atoms with E-state index in [4.69, 9.17) is 5.11 Å². The third-order valence-electron chi connectivity index (χ3n) is 4.57. The number of carboxylic acid groups (broad SMARTS) is 1. The van der Waals surface area contributed by atoms with Gasteiger partial charge in [-0.25, -0.2) is 9.78 Å². The zero-order valence-electron chi connectivity index (χ0n) is 15.8. The van der Waals surface area contributed by atoms with Gasteiger partial charge in [-0.05, 0) is 55.8 Å². The van der Waals surface area contributed by atoms with Crippen molar-refractivity contribution in [3.05, 3.63) is 66.0 Å². The van der Waals surface area contributed by atoms with Gasteiger partial charge in [0.15, 0.2) is 0 Å². The van der Waals surface area contributed by atoms with E-state index in [1.807, 2.05) is 36.4 Å². The van der Waals surface area contributed by atoms with Crippen LogP contribution in [0.5, 0.6) is 0 Å². The van der Waals surface area contributed by atoms with Crippen molar-refractivity contribution in [2.45, 2.75) is 19.9 Å². The van der Waals surface area contributed by atoms with Crippen LogP contribution in [0.4, 0.5) is 5.69 Å². The number of carboxylic acids is 1. The molecule has 146 valence electrons. The lowest BCUT2D eigenvalue weighted by molar-refractivity contribution is -0.119. The van der Waals surface area contributed by atoms with Crippen LogP contribution in [-0.2, 0) is 4.79 Å². The largest absolute Gasteiger partial charge is 0.478 e. The van der Waals surface area contributed by atoms with Gasteiger partial charge in [0.05, 0.1) is 22.0 Å². The molecule has 0 aliphatic carbocycles. The number of nitrogens with zero attached hydrogens (tertiary/aromatic N) is 3. The van der Waals surface area contributed by atoms with Crippen LogP contribution in [0.25, 0.3) is 20.8 Å². The first-order chi connectivity index (χ1) is 13.9. The Morgan fingerprint density at radius 3 is 2.62 bits per heavy atom. The van der Waals surface area contributed by atoms with Crippen molar-refractivity contribution in [3.63, 3.8) is 0 Å². The molecule has 0 bridgehead atoms. The molecule has 2 N–H and O–H groups in total. The number of aryl methyl sites for hydroxylation is 1. The normalized spacial score (nSPS) is 12.1. The Morgan fingerprint density at radius 2 is 1.93 bits per heavy atom. The highest BCUT2D eigenvalue weighted by Crippen LogP contribution is 2.31. The average Bonchev–Trinajstić information content (AvgIpc) is 3.35. The summed E-state index contributed by atoms with van der Waals surface area (Å²) in [6.07, 6.45) is 2.56. The number of nitrogens with one attached hydrogen (secondary N) is 1. The third kappa shape index (κ3) is 3.88. The molecule has 0 fully saturated rings. The summed E-state index contributed by atoms with van der Waals surface area (Å²) in [7, 11) is 0. The van der Waals surface area contributed by atoms with E-state index in [1.54, 1.807) is 18.3 Å². The number of anilines is 1. The van der Waals surface area contributed by atoms with Crippen molar-refractivity contribution in [3.8, 4) is 10.6 Å². The van der Waals surface area contributed by atoms with Crippen LogP contribution in [-0.4, -0.2) is 31.7 Å². The van der Waals surface area contributed by atoms with Crippen LogP contribution in [0.15, 0.2) is 54.9 Å². The standard InChI is InChI=1S/C21H18N4O3S/c1-12-3-8-17-18(9-12)29-20(24-17)14-4-6-16(7-5-14)23-19(26)13(2)25-11-15(10-22-25)21(27)28/h3-11,13H,1-2H3,(H,23,26)(H,27,28). The molecular formula is C21H18N4O3S. The van der Waals surface area contributed by atoms with Crippen LogP contribution in [0.1, 0.15) is 28.9 Å². The highest BCUT2D eigenvalue weighted by atomic mass is 32.1. The maximum Gasteiger partial charge on any atom is 0.338 e. The first-order valence-corrected chi connectivity index (χ1v) is 9.78. The topological polar surface area (TPSA) is 97.1 Å². The summed E-state index contributed by atoms with van der Waals surface area (Å²) in [5, 5.41) is 16.7. The zero-order valence-corrected chi connectivity index (χ0v) is 16.6. The van der Waals surface area contributed by atoms with Gasteiger partial charge in [-0.15, -0.1) is 11.3 Å². The molecule has 7 nitrogen and oxygen atoms in total. The Hall–Kier alpha value is -3.52. The predicted molar refractivity (Wildman–Crippen MR) is 112 cm³/mol. The van der Waals surface area contributed by atoms with Crippen molar-refractivity contribution in [1.29, 1.82) is 0 Å². The molecule has 4 rings (SSSR count). The zero-order chi connectivity index (χ0) is 20.5. The molecule has 2 aromatic heterocycles. The van der Waals surface area contributed by atoms with Crippen molar-refractivity contribution in [2.75, 3.05) is 5.32 Å². The maximum atomic E-state index is 12.5. The molecule has 0 spiro atoms. The van der Waals surface area contributed by atoms with Crippen molar-refractivity contribution < 1.29 is 14.7 Å². The number of carbonyl (C=O) groups excluding carboxylic acids is 1. The molecule has 29 heavy (non-hydrogen) atoms. The summed E-state index contributed by atoms with van der Waals surface area (Å²) in [6.45, 7) is 3.72. The number of hydrogen-bond acceptors (Lipinski definition) is 5. The lowest BCUT2D eigenvalue weighted by Crippen LogP contribution is -2.24. The number of aromatic carboxylic acids is 1. The first-order valence-electron chi connectivity index (χ1n) is 8.96. The van der Waals surface area contributed by atoms with Gasteiger partial charge in [-0.2, -0.15) is 5.10 Å². The smallest absolute Gasteiger partial charge is 0.338 e. The first kappa shape index (κ1) is 18.8. The summed E-state index contributed by atoms with van der Waals surface area (Å²) in [4.78, 5) is 28.1. The fraction of sp³-hybridized carbons (Fsp3) is 0.143. The fourth-order valence-corrected chi connectivity index (χ4v) is 3.95. The van der Waals surface area contributed by atoms with Crippen LogP contribution in [0.2, 0.25) is 0 Å². The summed E-state index contributed by atoms with van der Waals surface area (Å²) in [5.41, 5.74) is 3.84. The SMILES string of the molecule is Cc1ccc2nc(-c3ccc(NC(=O)C(C)n4cc(C(=O)O)cn4)cc3)sc2c1. The molecule has 4 aromatic rings. The van der Waals surface area contributed by atoms with E-state index < -0.39 is 12.0 Å². The number of amides is 1. The molecule has 8 heteroatoms. The number of fused-ring (bicyclic) bond motifs is 1. The minimum Gasteiger partial charge on any atom is -0.478 e. The van der Waals surface area contributed by atoms with Gasteiger partial charge in [-0.3, -0.25) is 9.48 Å². The van der Waals surface area contributed by atoms with E-state index in [9.17, 15) is 9.59 Å². The van der Waals surface area contributed by atoms with Crippen molar-refractivity contribution in [2.24, 2.45) is 0 Å². The molecule has 0 aliphatic heterocycles. The number of rotatable bonds is 5. The Morgan fingerprint density at radius 1 is 1.17 bits per heavy atom. The Balaban J connectivity index is 1.48. The Labute approximate surface area is 170 Å². The van der Waals surface area contributed by atoms with E-state index in [0.717, 1.165) is 20.8 Å². The van der Waals surface area contributed by atoms with Crippen LogP contribution >= 0.6 is 11.3 Å². The van der Waals surface area contributed by atoms with E-state index in [1.165, 1.54) is 22.6 Å². The summed E-state index contributed by atoms with van der Waals surface area (Å²) < 4.78 is 2.47. The predicted octanol–water partition coefficient (Wildman–Crippen LogP) is 4.37. The molecule has 2 aromatic carbocycles. The van der Waals surface area contributed by atoms with Gasteiger partial charge < -0.3 is 10.4 Å². The lowest BCUT2D eigenvalue weighted by atomic mass is 10.2. The quantitative estimate of drug-likeness (QED) is 0.513. The third-order valence-corrected chi connectivity index (χ3v) is 5.64.